The number of benzene rings is 1. The molecule has 1 rings (SSSR count). The highest BCUT2D eigenvalue weighted by atomic mass is 16.4. The Morgan fingerprint density at radius 2 is 1.86 bits per heavy atom. The monoisotopic (exact) mass is 290 g/mol. The molecule has 0 saturated heterocycles. The van der Waals surface area contributed by atoms with E-state index >= 15 is 0 Å². The smallest absolute Gasteiger partial charge is 0.370 e. The average Bonchev–Trinajstić information content (AvgIpc) is 2.44. The second-order valence-corrected chi connectivity index (χ2v) is 3.65. The third kappa shape index (κ3) is 6.63. The predicted molar refractivity (Wildman–Crippen MR) is 75.4 cm³/mol. The van der Waals surface area contributed by atoms with Crippen LogP contribution in [0.2, 0.25) is 0 Å². The van der Waals surface area contributed by atoms with Crippen LogP contribution in [0.1, 0.15) is 18.9 Å². The normalized spacial score (nSPS) is 9.52. The van der Waals surface area contributed by atoms with Gasteiger partial charge in [-0.2, -0.15) is 9.98 Å². The van der Waals surface area contributed by atoms with Crippen LogP contribution in [-0.2, 0) is 14.4 Å². The van der Waals surface area contributed by atoms with Gasteiger partial charge in [-0.15, -0.1) is 0 Å². The van der Waals surface area contributed by atoms with Crippen molar-refractivity contribution in [2.24, 2.45) is 9.98 Å². The molecule has 0 amide bonds. The van der Waals surface area contributed by atoms with Gasteiger partial charge in [0.1, 0.15) is 11.4 Å². The first-order valence-corrected chi connectivity index (χ1v) is 5.85. The first-order valence-electron chi connectivity index (χ1n) is 5.85. The third-order valence-electron chi connectivity index (χ3n) is 2.16. The van der Waals surface area contributed by atoms with E-state index in [1.807, 2.05) is 0 Å². The predicted octanol–water partition coefficient (Wildman–Crippen LogP) is 2.85. The summed E-state index contributed by atoms with van der Waals surface area (Å²) < 4.78 is 0. The zero-order chi connectivity index (χ0) is 16.3. The number of aliphatic hydroxyl groups is 1. The van der Waals surface area contributed by atoms with Gasteiger partial charge < -0.3 is 10.2 Å². The van der Waals surface area contributed by atoms with Crippen LogP contribution in [0.15, 0.2) is 40.0 Å². The maximum Gasteiger partial charge on any atom is 0.370 e. The fourth-order valence-corrected chi connectivity index (χ4v) is 1.25. The molecule has 0 atom stereocenters. The van der Waals surface area contributed by atoms with E-state index in [1.54, 1.807) is 32.0 Å². The summed E-state index contributed by atoms with van der Waals surface area (Å²) in [7, 11) is 0. The van der Waals surface area contributed by atoms with Crippen LogP contribution in [0, 0.1) is 6.92 Å². The minimum Gasteiger partial charge on any atom is -0.502 e. The quantitative estimate of drug-likeness (QED) is 0.382. The van der Waals surface area contributed by atoms with E-state index in [1.165, 1.54) is 18.2 Å². The lowest BCUT2D eigenvalue weighted by Gasteiger charge is -1.99. The molecule has 2 N–H and O–H groups in total. The Hall–Kier alpha value is -3.01. The Balaban J connectivity index is 0.000000433. The molecule has 0 aliphatic rings. The van der Waals surface area contributed by atoms with Crippen molar-refractivity contribution in [1.29, 1.82) is 0 Å². The minimum atomic E-state index is -1.27. The van der Waals surface area contributed by atoms with Crippen molar-refractivity contribution in [3.8, 4) is 0 Å². The molecule has 0 saturated carbocycles. The van der Waals surface area contributed by atoms with E-state index in [2.05, 4.69) is 9.98 Å². The number of aliphatic imine (C=N–C) groups is 2. The Kier molecular flexibility index (Phi) is 8.45. The largest absolute Gasteiger partial charge is 0.502 e. The van der Waals surface area contributed by atoms with E-state index in [0.29, 0.717) is 17.8 Å². The van der Waals surface area contributed by atoms with Gasteiger partial charge in [0.25, 0.3) is 0 Å². The first-order chi connectivity index (χ1) is 9.97. The average molecular weight is 290 g/mol. The highest BCUT2D eigenvalue weighted by Crippen LogP contribution is 2.30. The van der Waals surface area contributed by atoms with Crippen LogP contribution >= 0.6 is 0 Å². The zero-order valence-corrected chi connectivity index (χ0v) is 11.5. The van der Waals surface area contributed by atoms with Crippen molar-refractivity contribution in [2.75, 3.05) is 0 Å². The van der Waals surface area contributed by atoms with Crippen molar-refractivity contribution in [1.82, 2.24) is 0 Å². The van der Waals surface area contributed by atoms with Crippen LogP contribution in [0.5, 0.6) is 0 Å². The molecule has 7 nitrogen and oxygen atoms in total. The molecule has 7 heteroatoms. The Bertz CT molecular complexity index is 624. The highest BCUT2D eigenvalue weighted by Gasteiger charge is 2.02. The molecular formula is C14H14N2O5. The minimum absolute atomic E-state index is 0.332. The summed E-state index contributed by atoms with van der Waals surface area (Å²) in [4.78, 5) is 36.7. The number of carbonyl (C=O) groups is 1. The molecule has 0 bridgehead atoms. The van der Waals surface area contributed by atoms with Crippen LogP contribution < -0.4 is 0 Å². The first kappa shape index (κ1) is 18.0. The van der Waals surface area contributed by atoms with Crippen molar-refractivity contribution < 1.29 is 24.6 Å². The van der Waals surface area contributed by atoms with Gasteiger partial charge in [0, 0.05) is 0 Å². The fourth-order valence-electron chi connectivity index (χ4n) is 1.25. The van der Waals surface area contributed by atoms with E-state index in [9.17, 15) is 14.4 Å². The molecule has 110 valence electrons. The molecule has 0 heterocycles. The number of nitrogens with zero attached hydrogens (tertiary/aromatic N) is 2. The molecule has 0 radical (unpaired) electrons. The summed E-state index contributed by atoms with van der Waals surface area (Å²) in [5, 5.41) is 16.4. The summed E-state index contributed by atoms with van der Waals surface area (Å²) in [6.45, 7) is 3.51. The molecule has 1 aromatic rings. The van der Waals surface area contributed by atoms with Gasteiger partial charge in [-0.3, -0.25) is 0 Å². The molecule has 0 aliphatic heterocycles. The lowest BCUT2D eigenvalue weighted by atomic mass is 10.2. The SMILES string of the molecule is CC/C=C(\O)C(=O)O.Cc1cccc(N=C=O)c1N=C=O. The molecular weight excluding hydrogens is 276 g/mol. The Morgan fingerprint density at radius 3 is 2.29 bits per heavy atom. The Morgan fingerprint density at radius 1 is 1.24 bits per heavy atom. The van der Waals surface area contributed by atoms with Crippen molar-refractivity contribution in [2.45, 2.75) is 20.3 Å². The molecule has 21 heavy (non-hydrogen) atoms. The molecule has 0 unspecified atom stereocenters. The number of aliphatic carboxylic acids is 1. The van der Waals surface area contributed by atoms with Crippen molar-refractivity contribution in [3.63, 3.8) is 0 Å². The van der Waals surface area contributed by atoms with E-state index in [0.717, 1.165) is 5.56 Å². The van der Waals surface area contributed by atoms with Gasteiger partial charge in [0.15, 0.2) is 5.76 Å². The number of aliphatic hydroxyl groups excluding tert-OH is 1. The van der Waals surface area contributed by atoms with Crippen LogP contribution in [0.25, 0.3) is 0 Å². The topological polar surface area (TPSA) is 116 Å². The van der Waals surface area contributed by atoms with E-state index in [4.69, 9.17) is 10.2 Å². The van der Waals surface area contributed by atoms with Crippen LogP contribution in [0.4, 0.5) is 11.4 Å². The number of carboxylic acids is 1. The number of rotatable bonds is 4. The van der Waals surface area contributed by atoms with Crippen molar-refractivity contribution in [3.05, 3.63) is 35.6 Å². The third-order valence-corrected chi connectivity index (χ3v) is 2.16. The van der Waals surface area contributed by atoms with Gasteiger partial charge in [-0.05, 0) is 31.1 Å². The fraction of sp³-hybridized carbons (Fsp3) is 0.214. The molecule has 0 aliphatic carbocycles. The summed E-state index contributed by atoms with van der Waals surface area (Å²) >= 11 is 0. The number of carboxylic acid groups (broad SMARTS) is 1. The van der Waals surface area contributed by atoms with Gasteiger partial charge in [0.05, 0.1) is 0 Å². The number of carbonyl (C=O) groups excluding carboxylic acids is 2. The zero-order valence-electron chi connectivity index (χ0n) is 11.5. The van der Waals surface area contributed by atoms with Crippen LogP contribution in [0.3, 0.4) is 0 Å². The molecule has 0 aromatic heterocycles. The summed E-state index contributed by atoms with van der Waals surface area (Å²) in [5.41, 5.74) is 1.46. The maximum atomic E-state index is 10.1. The molecule has 0 spiro atoms. The lowest BCUT2D eigenvalue weighted by Crippen LogP contribution is -1.97. The van der Waals surface area contributed by atoms with Gasteiger partial charge in [0.2, 0.25) is 12.2 Å². The van der Waals surface area contributed by atoms with E-state index < -0.39 is 11.7 Å². The second kappa shape index (κ2) is 9.86. The van der Waals surface area contributed by atoms with Crippen molar-refractivity contribution >= 4 is 29.5 Å². The second-order valence-electron chi connectivity index (χ2n) is 3.65. The summed E-state index contributed by atoms with van der Waals surface area (Å²) in [6, 6.07) is 5.06. The summed E-state index contributed by atoms with van der Waals surface area (Å²) in [6.07, 6.45) is 4.58. The number of hydrogen-bond acceptors (Lipinski definition) is 6. The van der Waals surface area contributed by atoms with Gasteiger partial charge >= 0.3 is 5.97 Å². The lowest BCUT2D eigenvalue weighted by molar-refractivity contribution is -0.135. The Labute approximate surface area is 121 Å². The van der Waals surface area contributed by atoms with Crippen LogP contribution in [-0.4, -0.2) is 28.3 Å². The number of aryl methyl sites for hydroxylation is 1. The number of hydrogen-bond donors (Lipinski definition) is 2. The van der Waals surface area contributed by atoms with E-state index in [-0.39, 0.29) is 0 Å². The number of allylic oxidation sites excluding steroid dienone is 1. The number of para-hydroxylation sites is 1. The summed E-state index contributed by atoms with van der Waals surface area (Å²) in [5.74, 6) is -1.85. The standard InChI is InChI=1S/C9H6N2O2.C5H8O3/c1-7-3-2-4-8(10-5-12)9(7)11-6-13;1-2-3-4(6)5(7)8/h2-4H,1H3;3,6H,2H2,1H3,(H,7,8)/b;4-3-. The molecule has 1 aromatic carbocycles. The maximum absolute atomic E-state index is 10.1. The highest BCUT2D eigenvalue weighted by molar-refractivity contribution is 5.83. The number of isocyanates is 2. The molecule has 0 fully saturated rings. The van der Waals surface area contributed by atoms with Gasteiger partial charge in [-0.1, -0.05) is 19.1 Å². The van der Waals surface area contributed by atoms with Gasteiger partial charge in [-0.25, -0.2) is 14.4 Å².